The molecule has 4 amide bonds. The molecule has 4 saturated heterocycles. The minimum absolute atomic E-state index is 0.153. The molecule has 4 aliphatic rings. The number of rotatable bonds is 11. The third-order valence-electron chi connectivity index (χ3n) is 14.9. The van der Waals surface area contributed by atoms with E-state index in [1.807, 2.05) is 36.4 Å². The molecule has 3 aromatic carbocycles. The van der Waals surface area contributed by atoms with E-state index in [0.29, 0.717) is 73.5 Å². The van der Waals surface area contributed by atoms with Crippen LogP contribution in [0.4, 0.5) is 32.1 Å². The van der Waals surface area contributed by atoms with Crippen LogP contribution in [0.2, 0.25) is 0 Å². The zero-order valence-corrected chi connectivity index (χ0v) is 40.8. The third kappa shape index (κ3) is 8.20. The lowest BCUT2D eigenvalue weighted by atomic mass is 9.90. The van der Waals surface area contributed by atoms with Crippen molar-refractivity contribution in [1.82, 2.24) is 44.3 Å². The van der Waals surface area contributed by atoms with Crippen molar-refractivity contribution in [2.24, 2.45) is 14.1 Å². The summed E-state index contributed by atoms with van der Waals surface area (Å²) in [6.45, 7) is 7.72. The number of imide groups is 1. The van der Waals surface area contributed by atoms with Crippen LogP contribution >= 0.6 is 0 Å². The molecule has 0 radical (unpaired) electrons. The molecule has 1 unspecified atom stereocenters. The molecule has 11 rings (SSSR count). The number of hydrogen-bond acceptors (Lipinski definition) is 12. The maximum absolute atomic E-state index is 15.8. The molecule has 0 aliphatic carbocycles. The van der Waals surface area contributed by atoms with E-state index in [-0.39, 0.29) is 41.8 Å². The highest BCUT2D eigenvalue weighted by atomic mass is 19.1. The number of piperazine rings is 1. The molecule has 72 heavy (non-hydrogen) atoms. The van der Waals surface area contributed by atoms with Gasteiger partial charge in [0.15, 0.2) is 0 Å². The molecule has 7 aromatic rings. The highest BCUT2D eigenvalue weighted by molar-refractivity contribution is 6.07. The lowest BCUT2D eigenvalue weighted by Crippen LogP contribution is -2.53. The first-order valence-electron chi connectivity index (χ1n) is 24.7. The Bertz CT molecular complexity index is 3280. The lowest BCUT2D eigenvalue weighted by Gasteiger charge is -2.44. The molecule has 1 N–H and O–H groups in total. The first-order chi connectivity index (χ1) is 35.0. The predicted octanol–water partition coefficient (Wildman–Crippen LogP) is 6.05. The van der Waals surface area contributed by atoms with Crippen LogP contribution in [0.3, 0.4) is 0 Å². The highest BCUT2D eigenvalue weighted by Crippen LogP contribution is 2.41. The second-order valence-corrected chi connectivity index (χ2v) is 18.9. The largest absolute Gasteiger partial charge is 0.467 e. The maximum atomic E-state index is 15.8. The first-order valence-corrected chi connectivity index (χ1v) is 24.7. The zero-order chi connectivity index (χ0) is 49.8. The van der Waals surface area contributed by atoms with Gasteiger partial charge in [0.2, 0.25) is 11.8 Å². The summed E-state index contributed by atoms with van der Waals surface area (Å²) in [6.07, 6.45) is 8.36. The van der Waals surface area contributed by atoms with E-state index in [1.165, 1.54) is 22.4 Å². The van der Waals surface area contributed by atoms with Crippen LogP contribution in [0, 0.1) is 5.82 Å². The number of fused-ring (bicyclic) bond motifs is 1. The third-order valence-corrected chi connectivity index (χ3v) is 14.9. The van der Waals surface area contributed by atoms with E-state index in [4.69, 9.17) is 14.8 Å². The van der Waals surface area contributed by atoms with E-state index < -0.39 is 5.92 Å². The van der Waals surface area contributed by atoms with Gasteiger partial charge in [-0.2, -0.15) is 5.10 Å². The molecule has 4 aromatic heterocycles. The van der Waals surface area contributed by atoms with Gasteiger partial charge < -0.3 is 14.5 Å². The van der Waals surface area contributed by atoms with Gasteiger partial charge >= 0.3 is 17.7 Å². The summed E-state index contributed by atoms with van der Waals surface area (Å²) in [5.41, 5.74) is 8.50. The van der Waals surface area contributed by atoms with E-state index in [0.717, 1.165) is 83.6 Å². The number of aromatic nitrogens is 7. The maximum Gasteiger partial charge on any atom is 0.353 e. The van der Waals surface area contributed by atoms with Gasteiger partial charge in [0, 0.05) is 108 Å². The number of benzene rings is 3. The highest BCUT2D eigenvalue weighted by Gasteiger charge is 2.36. The topological polar surface area (TPSA) is 172 Å². The van der Waals surface area contributed by atoms with Gasteiger partial charge in [0.25, 0.3) is 0 Å². The molecule has 4 aliphatic heterocycles. The Balaban J connectivity index is 0.815. The fourth-order valence-electron chi connectivity index (χ4n) is 11.3. The Morgan fingerprint density at radius 1 is 0.736 bits per heavy atom. The molecule has 0 bridgehead atoms. The van der Waals surface area contributed by atoms with Crippen LogP contribution in [0.1, 0.15) is 49.8 Å². The van der Waals surface area contributed by atoms with Crippen LogP contribution < -0.4 is 35.3 Å². The summed E-state index contributed by atoms with van der Waals surface area (Å²) < 4.78 is 25.7. The Kier molecular flexibility index (Phi) is 12.3. The number of piperidine rings is 2. The first kappa shape index (κ1) is 46.5. The number of hydrogen-bond donors (Lipinski definition) is 1. The number of methoxy groups -OCH3 is 1. The molecular weight excluding hydrogens is 918 g/mol. The standard InChI is InChI=1S/C53H56FN13O5/c1-5-38-40(18-22-56-49(38)66-30-29-65(53(66)71)37-7-6-21-55-32-37)39-13-12-36(67-51(72-4)59-61(3)52(67)70)31-43(39)33-8-10-34(11-9-33)62-23-19-35(20-24-62)63-25-27-64(28-26-63)48-44(54)16-14-41-46(58-60(2)47(41)48)42-15-17-45(68)57-50(42)69/h6-14,16,18,21-22,31-32,35,42H,5,15,17,19-20,23-30H2,1-4H3,(H,57,68,69). The van der Waals surface area contributed by atoms with Gasteiger partial charge in [-0.25, -0.2) is 28.2 Å². The van der Waals surface area contributed by atoms with Crippen LogP contribution in [0.25, 0.3) is 38.8 Å². The summed E-state index contributed by atoms with van der Waals surface area (Å²) >= 11 is 0. The molecule has 4 fully saturated rings. The number of carbonyl (C=O) groups is 3. The second kappa shape index (κ2) is 19.0. The van der Waals surface area contributed by atoms with Crippen molar-refractivity contribution < 1.29 is 23.5 Å². The summed E-state index contributed by atoms with van der Waals surface area (Å²) in [5, 5.41) is 12.2. The van der Waals surface area contributed by atoms with Crippen LogP contribution in [-0.2, 0) is 30.1 Å². The summed E-state index contributed by atoms with van der Waals surface area (Å²) in [7, 11) is 4.88. The summed E-state index contributed by atoms with van der Waals surface area (Å²) in [5.74, 6) is -0.903. The number of urea groups is 1. The van der Waals surface area contributed by atoms with Crippen molar-refractivity contribution >= 4 is 51.6 Å². The van der Waals surface area contributed by atoms with Gasteiger partial charge in [0.05, 0.1) is 47.5 Å². The van der Waals surface area contributed by atoms with Crippen molar-refractivity contribution in [2.45, 2.75) is 51.0 Å². The quantitative estimate of drug-likeness (QED) is 0.149. The zero-order valence-electron chi connectivity index (χ0n) is 40.8. The van der Waals surface area contributed by atoms with Crippen LogP contribution in [0.15, 0.2) is 96.2 Å². The number of nitrogens with zero attached hydrogens (tertiary/aromatic N) is 12. The fraction of sp³-hybridized carbons (Fsp3) is 0.358. The number of carbonyl (C=O) groups excluding carboxylic acids is 3. The Morgan fingerprint density at radius 2 is 1.50 bits per heavy atom. The van der Waals surface area contributed by atoms with E-state index in [1.54, 1.807) is 53.2 Å². The average Bonchev–Trinajstić information content (AvgIpc) is 4.06. The van der Waals surface area contributed by atoms with E-state index in [9.17, 15) is 19.2 Å². The molecule has 0 saturated carbocycles. The number of aryl methyl sites for hydroxylation is 2. The minimum atomic E-state index is -0.561. The SMILES string of the molecule is CCc1c(-c2ccc(-n3c(OC)nn(C)c3=O)cc2-c2ccc(N3CCC(N4CCN(c5c(F)ccc6c(C7CCC(=O)NC7=O)nn(C)c56)CC4)CC3)cc2)ccnc1N1CCN(c2cccnc2)C1=O. The Morgan fingerprint density at radius 3 is 2.22 bits per heavy atom. The van der Waals surface area contributed by atoms with E-state index in [2.05, 4.69) is 61.3 Å². The number of pyridine rings is 2. The second-order valence-electron chi connectivity index (χ2n) is 18.9. The summed E-state index contributed by atoms with van der Waals surface area (Å²) in [6, 6.07) is 23.8. The molecule has 0 spiro atoms. The Labute approximate surface area is 415 Å². The summed E-state index contributed by atoms with van der Waals surface area (Å²) in [4.78, 5) is 71.6. The van der Waals surface area contributed by atoms with Crippen molar-refractivity contribution in [3.63, 3.8) is 0 Å². The lowest BCUT2D eigenvalue weighted by molar-refractivity contribution is -0.134. The van der Waals surface area contributed by atoms with Crippen molar-refractivity contribution in [2.75, 3.05) is 79.1 Å². The van der Waals surface area contributed by atoms with Gasteiger partial charge in [0.1, 0.15) is 11.6 Å². The van der Waals surface area contributed by atoms with Crippen LogP contribution in [0.5, 0.6) is 6.01 Å². The average molecular weight is 974 g/mol. The normalized spacial score (nSPS) is 18.2. The Hall–Kier alpha value is -7.93. The minimum Gasteiger partial charge on any atom is -0.467 e. The van der Waals surface area contributed by atoms with Gasteiger partial charge in [-0.15, -0.1) is 5.10 Å². The predicted molar refractivity (Wildman–Crippen MR) is 273 cm³/mol. The van der Waals surface area contributed by atoms with Gasteiger partial charge in [-0.05, 0) is 103 Å². The monoisotopic (exact) mass is 973 g/mol. The van der Waals surface area contributed by atoms with Crippen molar-refractivity contribution in [3.05, 3.63) is 119 Å². The molecule has 8 heterocycles. The molecule has 1 atom stereocenters. The smallest absolute Gasteiger partial charge is 0.353 e. The van der Waals surface area contributed by atoms with Gasteiger partial charge in [-0.3, -0.25) is 39.3 Å². The number of anilines is 4. The fourth-order valence-corrected chi connectivity index (χ4v) is 11.3. The van der Waals surface area contributed by atoms with Crippen molar-refractivity contribution in [3.8, 4) is 34.0 Å². The van der Waals surface area contributed by atoms with Crippen LogP contribution in [-0.4, -0.2) is 122 Å². The number of halogens is 1. The van der Waals surface area contributed by atoms with Crippen molar-refractivity contribution in [1.29, 1.82) is 0 Å². The molecule has 370 valence electrons. The van der Waals surface area contributed by atoms with E-state index >= 15 is 4.39 Å². The molecule has 19 heteroatoms. The number of ether oxygens (including phenoxy) is 1. The number of nitrogens with one attached hydrogen (secondary N) is 1. The number of amides is 4. The van der Waals surface area contributed by atoms with Gasteiger partial charge in [-0.1, -0.05) is 25.1 Å². The molecule has 18 nitrogen and oxygen atoms in total. The molecular formula is C53H56FN13O5.